The lowest BCUT2D eigenvalue weighted by molar-refractivity contribution is 0.102. The molecule has 1 saturated heterocycles. The summed E-state index contributed by atoms with van der Waals surface area (Å²) >= 11 is 1.33. The number of hydrogen-bond donors (Lipinski definition) is 0. The van der Waals surface area contributed by atoms with Gasteiger partial charge in [-0.05, 0) is 40.2 Å². The van der Waals surface area contributed by atoms with Crippen LogP contribution in [-0.4, -0.2) is 55.6 Å². The van der Waals surface area contributed by atoms with Crippen molar-refractivity contribution in [2.24, 2.45) is 0 Å². The van der Waals surface area contributed by atoms with Crippen molar-refractivity contribution >= 4 is 33.0 Å². The number of hydrogen-bond acceptors (Lipinski definition) is 7. The van der Waals surface area contributed by atoms with Crippen LogP contribution in [0, 0.1) is 27.7 Å². The van der Waals surface area contributed by atoms with Crippen LogP contribution in [0.1, 0.15) is 45.7 Å². The molecule has 0 amide bonds. The molecule has 10 heteroatoms. The SMILES string of the molecule is Cc1cc2nnc(SCC(=O)c3cc(C)n(C4CCS(=O)(=O)C4)c3C)n2c(C)n1. The molecule has 1 atom stereocenters. The van der Waals surface area contributed by atoms with Crippen LogP contribution in [0.25, 0.3) is 5.65 Å². The molecule has 0 saturated carbocycles. The number of rotatable bonds is 5. The van der Waals surface area contributed by atoms with Crippen LogP contribution in [0.3, 0.4) is 0 Å². The maximum Gasteiger partial charge on any atom is 0.197 e. The Balaban J connectivity index is 1.55. The van der Waals surface area contributed by atoms with Crippen molar-refractivity contribution in [1.82, 2.24) is 24.1 Å². The van der Waals surface area contributed by atoms with Crippen LogP contribution in [0.4, 0.5) is 0 Å². The first-order valence-corrected chi connectivity index (χ1v) is 12.2. The Bertz CT molecular complexity index is 1230. The molecule has 0 N–H and O–H groups in total. The van der Waals surface area contributed by atoms with Gasteiger partial charge in [-0.2, -0.15) is 0 Å². The molecule has 3 aromatic rings. The highest BCUT2D eigenvalue weighted by Crippen LogP contribution is 2.30. The van der Waals surface area contributed by atoms with Gasteiger partial charge in [-0.15, -0.1) is 10.2 Å². The van der Waals surface area contributed by atoms with E-state index in [1.807, 2.05) is 48.8 Å². The minimum atomic E-state index is -2.99. The number of ketones is 1. The Kier molecular flexibility index (Phi) is 5.02. The van der Waals surface area contributed by atoms with Gasteiger partial charge in [-0.1, -0.05) is 11.8 Å². The van der Waals surface area contributed by atoms with E-state index >= 15 is 0 Å². The number of nitrogens with zero attached hydrogens (tertiary/aromatic N) is 5. The van der Waals surface area contributed by atoms with E-state index in [-0.39, 0.29) is 29.1 Å². The zero-order valence-corrected chi connectivity index (χ0v) is 18.5. The van der Waals surface area contributed by atoms with Crippen molar-refractivity contribution in [1.29, 1.82) is 0 Å². The fourth-order valence-electron chi connectivity index (χ4n) is 4.10. The van der Waals surface area contributed by atoms with Crippen LogP contribution < -0.4 is 0 Å². The Morgan fingerprint density at radius 2 is 1.97 bits per heavy atom. The topological polar surface area (TPSA) is 99.2 Å². The summed E-state index contributed by atoms with van der Waals surface area (Å²) in [6.07, 6.45) is 0.596. The number of Topliss-reactive ketones (excluding diaryl/α,β-unsaturated/α-hetero) is 1. The maximum atomic E-state index is 12.9. The van der Waals surface area contributed by atoms with E-state index in [0.717, 1.165) is 22.9 Å². The smallest absolute Gasteiger partial charge is 0.197 e. The number of carbonyl (C=O) groups excluding carboxylic acids is 1. The summed E-state index contributed by atoms with van der Waals surface area (Å²) in [7, 11) is -2.99. The zero-order valence-electron chi connectivity index (χ0n) is 16.8. The summed E-state index contributed by atoms with van der Waals surface area (Å²) < 4.78 is 27.6. The molecular formula is C19H23N5O3S2. The number of aryl methyl sites for hydroxylation is 3. The number of fused-ring (bicyclic) bond motifs is 1. The standard InChI is InChI=1S/C19H23N5O3S2/c1-11-7-18-21-22-19(24(18)14(4)20-11)28-9-17(25)16-8-12(2)23(13(16)3)15-5-6-29(26,27)10-15/h7-8,15H,5-6,9-10H2,1-4H3. The third-order valence-electron chi connectivity index (χ3n) is 5.35. The van der Waals surface area contributed by atoms with Gasteiger partial charge in [0.05, 0.1) is 17.3 Å². The molecule has 0 bridgehead atoms. The van der Waals surface area contributed by atoms with Crippen LogP contribution in [0.5, 0.6) is 0 Å². The first-order valence-electron chi connectivity index (χ1n) is 9.40. The molecule has 1 fully saturated rings. The lowest BCUT2D eigenvalue weighted by Crippen LogP contribution is -2.14. The van der Waals surface area contributed by atoms with Crippen LogP contribution in [0.2, 0.25) is 0 Å². The fourth-order valence-corrected chi connectivity index (χ4v) is 6.67. The highest BCUT2D eigenvalue weighted by atomic mass is 32.2. The third-order valence-corrected chi connectivity index (χ3v) is 8.03. The van der Waals surface area contributed by atoms with Gasteiger partial charge in [0.1, 0.15) is 5.82 Å². The van der Waals surface area contributed by atoms with Gasteiger partial charge in [0.15, 0.2) is 26.4 Å². The summed E-state index contributed by atoms with van der Waals surface area (Å²) in [6, 6.07) is 3.63. The molecule has 3 aromatic heterocycles. The largest absolute Gasteiger partial charge is 0.344 e. The van der Waals surface area contributed by atoms with Gasteiger partial charge < -0.3 is 4.57 Å². The predicted octanol–water partition coefficient (Wildman–Crippen LogP) is 2.49. The van der Waals surface area contributed by atoms with Crippen LogP contribution in [0.15, 0.2) is 17.3 Å². The number of sulfone groups is 1. The van der Waals surface area contributed by atoms with Crippen LogP contribution in [-0.2, 0) is 9.84 Å². The van der Waals surface area contributed by atoms with Crippen molar-refractivity contribution in [2.75, 3.05) is 17.3 Å². The first-order chi connectivity index (χ1) is 13.7. The summed E-state index contributed by atoms with van der Waals surface area (Å²) in [6.45, 7) is 7.60. The molecule has 8 nitrogen and oxygen atoms in total. The molecule has 4 heterocycles. The Hall–Kier alpha value is -2.20. The summed E-state index contributed by atoms with van der Waals surface area (Å²) in [4.78, 5) is 17.4. The summed E-state index contributed by atoms with van der Waals surface area (Å²) in [5, 5.41) is 9.00. The fraction of sp³-hybridized carbons (Fsp3) is 0.474. The molecule has 154 valence electrons. The Morgan fingerprint density at radius 1 is 1.21 bits per heavy atom. The van der Waals surface area contributed by atoms with E-state index in [0.29, 0.717) is 22.8 Å². The van der Waals surface area contributed by atoms with Gasteiger partial charge in [0, 0.05) is 34.8 Å². The van der Waals surface area contributed by atoms with E-state index in [2.05, 4.69) is 15.2 Å². The average Bonchev–Trinajstić information content (AvgIpc) is 3.28. The van der Waals surface area contributed by atoms with E-state index in [9.17, 15) is 13.2 Å². The lowest BCUT2D eigenvalue weighted by Gasteiger charge is -2.16. The molecule has 29 heavy (non-hydrogen) atoms. The molecule has 0 spiro atoms. The normalized spacial score (nSPS) is 18.6. The first kappa shape index (κ1) is 20.1. The number of thioether (sulfide) groups is 1. The van der Waals surface area contributed by atoms with Crippen molar-refractivity contribution in [3.05, 3.63) is 40.6 Å². The predicted molar refractivity (Wildman–Crippen MR) is 112 cm³/mol. The van der Waals surface area contributed by atoms with Gasteiger partial charge >= 0.3 is 0 Å². The van der Waals surface area contributed by atoms with E-state index < -0.39 is 9.84 Å². The molecular weight excluding hydrogens is 410 g/mol. The lowest BCUT2D eigenvalue weighted by atomic mass is 10.2. The molecule has 1 aliphatic heterocycles. The third kappa shape index (κ3) is 3.71. The molecule has 4 rings (SSSR count). The van der Waals surface area contributed by atoms with Gasteiger partial charge in [-0.25, -0.2) is 13.4 Å². The van der Waals surface area contributed by atoms with Crippen molar-refractivity contribution in [2.45, 2.75) is 45.3 Å². The molecule has 0 aliphatic carbocycles. The monoisotopic (exact) mass is 433 g/mol. The second kappa shape index (κ2) is 7.24. The molecule has 0 aromatic carbocycles. The minimum Gasteiger partial charge on any atom is -0.344 e. The Morgan fingerprint density at radius 3 is 2.66 bits per heavy atom. The van der Waals surface area contributed by atoms with E-state index in [1.165, 1.54) is 11.8 Å². The summed E-state index contributed by atoms with van der Waals surface area (Å²) in [5.41, 5.74) is 3.97. The van der Waals surface area contributed by atoms with Crippen LogP contribution >= 0.6 is 11.8 Å². The second-order valence-corrected chi connectivity index (χ2v) is 10.7. The van der Waals surface area contributed by atoms with Crippen molar-refractivity contribution < 1.29 is 13.2 Å². The van der Waals surface area contributed by atoms with E-state index in [4.69, 9.17) is 0 Å². The number of aromatic nitrogens is 5. The number of carbonyl (C=O) groups is 1. The average molecular weight is 434 g/mol. The van der Waals surface area contributed by atoms with Gasteiger partial charge in [0.25, 0.3) is 0 Å². The minimum absolute atomic E-state index is 0.00956. The van der Waals surface area contributed by atoms with Crippen molar-refractivity contribution in [3.63, 3.8) is 0 Å². The zero-order chi connectivity index (χ0) is 20.9. The Labute approximate surface area is 173 Å². The highest BCUT2D eigenvalue weighted by Gasteiger charge is 2.31. The van der Waals surface area contributed by atoms with Crippen molar-refractivity contribution in [3.8, 4) is 0 Å². The molecule has 1 unspecified atom stereocenters. The quantitative estimate of drug-likeness (QED) is 0.450. The maximum absolute atomic E-state index is 12.9. The van der Waals surface area contributed by atoms with E-state index in [1.54, 1.807) is 0 Å². The van der Waals surface area contributed by atoms with Gasteiger partial charge in [0.2, 0.25) is 0 Å². The summed E-state index contributed by atoms with van der Waals surface area (Å²) in [5.74, 6) is 1.34. The highest BCUT2D eigenvalue weighted by molar-refractivity contribution is 7.99. The second-order valence-electron chi connectivity index (χ2n) is 7.54. The van der Waals surface area contributed by atoms with Gasteiger partial charge in [-0.3, -0.25) is 9.20 Å². The molecule has 0 radical (unpaired) electrons. The molecule has 1 aliphatic rings.